The number of carbonyl (C=O) groups excluding carboxylic acids is 1. The summed E-state index contributed by atoms with van der Waals surface area (Å²) in [4.78, 5) is 12.4. The Labute approximate surface area is 143 Å². The van der Waals surface area contributed by atoms with Crippen LogP contribution in [-0.2, 0) is 4.79 Å². The van der Waals surface area contributed by atoms with Crippen LogP contribution < -0.4 is 0 Å². The van der Waals surface area contributed by atoms with Gasteiger partial charge in [0.2, 0.25) is 0 Å². The number of ketones is 1. The fourth-order valence-corrected chi connectivity index (χ4v) is 7.10. The largest absolute Gasteiger partial charge is 0.390 e. The number of Topliss-reactive ketones (excluding diaryl/α,β-unsaturated/α-hetero) is 1. The molecule has 0 aromatic rings. The molecule has 4 unspecified atom stereocenters. The monoisotopic (exact) mass is 338 g/mol. The number of hydrogen-bond acceptors (Lipinski definition) is 5. The Balaban J connectivity index is 1.75. The zero-order valence-corrected chi connectivity index (χ0v) is 14.6. The van der Waals surface area contributed by atoms with Gasteiger partial charge in [-0.3, -0.25) is 4.79 Å². The lowest BCUT2D eigenvalue weighted by atomic mass is 9.43. The Kier molecular flexibility index (Phi) is 3.71. The van der Waals surface area contributed by atoms with Crippen molar-refractivity contribution in [3.63, 3.8) is 0 Å². The van der Waals surface area contributed by atoms with Gasteiger partial charge >= 0.3 is 0 Å². The smallest absolute Gasteiger partial charge is 0.139 e. The molecule has 5 heteroatoms. The molecule has 0 saturated heterocycles. The molecule has 136 valence electrons. The first-order valence-electron chi connectivity index (χ1n) is 9.47. The summed E-state index contributed by atoms with van der Waals surface area (Å²) in [6.07, 6.45) is 0.545. The van der Waals surface area contributed by atoms with E-state index in [0.717, 1.165) is 25.7 Å². The summed E-state index contributed by atoms with van der Waals surface area (Å²) in [5, 5.41) is 42.3. The lowest BCUT2D eigenvalue weighted by Gasteiger charge is -2.63. The van der Waals surface area contributed by atoms with Gasteiger partial charge in [0.25, 0.3) is 0 Å². The quantitative estimate of drug-likeness (QED) is 0.525. The van der Waals surface area contributed by atoms with E-state index < -0.39 is 30.3 Å². The van der Waals surface area contributed by atoms with Crippen LogP contribution >= 0.6 is 0 Å². The number of hydrogen-bond donors (Lipinski definition) is 4. The van der Waals surface area contributed by atoms with Crippen LogP contribution in [-0.4, -0.2) is 50.6 Å². The highest BCUT2D eigenvalue weighted by atomic mass is 16.3. The molecule has 10 atom stereocenters. The predicted octanol–water partition coefficient (Wildman–Crippen LogP) is 0.871. The molecule has 0 aromatic heterocycles. The van der Waals surface area contributed by atoms with E-state index >= 15 is 0 Å². The minimum Gasteiger partial charge on any atom is -0.390 e. The number of carbonyl (C=O) groups is 1. The summed E-state index contributed by atoms with van der Waals surface area (Å²) >= 11 is 0. The second-order valence-corrected chi connectivity index (χ2v) is 9.32. The van der Waals surface area contributed by atoms with Crippen molar-refractivity contribution < 1.29 is 25.2 Å². The van der Waals surface area contributed by atoms with Gasteiger partial charge in [0.15, 0.2) is 0 Å². The van der Waals surface area contributed by atoms with Gasteiger partial charge in [-0.05, 0) is 55.3 Å². The van der Waals surface area contributed by atoms with Crippen molar-refractivity contribution in [1.82, 2.24) is 0 Å². The summed E-state index contributed by atoms with van der Waals surface area (Å²) in [6.45, 7) is 4.15. The van der Waals surface area contributed by atoms with Gasteiger partial charge in [0.1, 0.15) is 5.78 Å². The van der Waals surface area contributed by atoms with E-state index in [2.05, 4.69) is 6.92 Å². The van der Waals surface area contributed by atoms with E-state index in [9.17, 15) is 25.2 Å². The zero-order valence-electron chi connectivity index (χ0n) is 14.6. The van der Waals surface area contributed by atoms with E-state index in [1.54, 1.807) is 0 Å². The lowest BCUT2D eigenvalue weighted by Crippen LogP contribution is -2.67. The molecule has 0 amide bonds. The minimum absolute atomic E-state index is 0.0890. The molecule has 4 saturated carbocycles. The Morgan fingerprint density at radius 3 is 2.29 bits per heavy atom. The second-order valence-electron chi connectivity index (χ2n) is 9.32. The molecule has 4 rings (SSSR count). The molecular weight excluding hydrogens is 308 g/mol. The third kappa shape index (κ3) is 1.93. The predicted molar refractivity (Wildman–Crippen MR) is 86.9 cm³/mol. The summed E-state index contributed by atoms with van der Waals surface area (Å²) in [6, 6.07) is 0. The molecule has 0 bridgehead atoms. The first-order valence-corrected chi connectivity index (χ1v) is 9.47. The Hall–Kier alpha value is -0.490. The first kappa shape index (κ1) is 17.0. The summed E-state index contributed by atoms with van der Waals surface area (Å²) in [5.41, 5.74) is -0.660. The van der Waals surface area contributed by atoms with E-state index in [0.29, 0.717) is 18.6 Å². The molecule has 4 aliphatic carbocycles. The van der Waals surface area contributed by atoms with Crippen molar-refractivity contribution >= 4 is 5.78 Å². The minimum atomic E-state index is -1.04. The maximum atomic E-state index is 12.4. The topological polar surface area (TPSA) is 98.0 Å². The fourth-order valence-electron chi connectivity index (χ4n) is 7.10. The third-order valence-electron chi connectivity index (χ3n) is 8.50. The van der Waals surface area contributed by atoms with Gasteiger partial charge < -0.3 is 20.4 Å². The zero-order chi connectivity index (χ0) is 17.4. The highest BCUT2D eigenvalue weighted by Crippen LogP contribution is 2.65. The summed E-state index contributed by atoms with van der Waals surface area (Å²) in [5.74, 6) is 0.0223. The molecular formula is C19H30O5. The Morgan fingerprint density at radius 1 is 0.875 bits per heavy atom. The Morgan fingerprint density at radius 2 is 1.58 bits per heavy atom. The van der Waals surface area contributed by atoms with Crippen LogP contribution in [0, 0.1) is 34.5 Å². The normalized spacial score (nSPS) is 60.3. The van der Waals surface area contributed by atoms with Crippen LogP contribution in [0.4, 0.5) is 0 Å². The molecule has 4 fully saturated rings. The average Bonchev–Trinajstić information content (AvgIpc) is 2.84. The van der Waals surface area contributed by atoms with Crippen LogP contribution in [0.2, 0.25) is 0 Å². The Bertz CT molecular complexity index is 550. The van der Waals surface area contributed by atoms with Crippen molar-refractivity contribution in [1.29, 1.82) is 0 Å². The van der Waals surface area contributed by atoms with E-state index in [1.807, 2.05) is 6.92 Å². The number of fused-ring (bicyclic) bond motifs is 5. The second kappa shape index (κ2) is 5.26. The molecule has 4 aliphatic rings. The van der Waals surface area contributed by atoms with Crippen LogP contribution in [0.5, 0.6) is 0 Å². The van der Waals surface area contributed by atoms with Gasteiger partial charge in [-0.2, -0.15) is 0 Å². The molecule has 0 radical (unpaired) electrons. The highest BCUT2D eigenvalue weighted by Gasteiger charge is 2.66. The van der Waals surface area contributed by atoms with E-state index in [-0.39, 0.29) is 28.6 Å². The van der Waals surface area contributed by atoms with E-state index in [1.165, 1.54) is 0 Å². The van der Waals surface area contributed by atoms with Gasteiger partial charge in [-0.25, -0.2) is 0 Å². The lowest BCUT2D eigenvalue weighted by molar-refractivity contribution is -0.248. The number of aliphatic hydroxyl groups is 4. The van der Waals surface area contributed by atoms with Gasteiger partial charge in [-0.1, -0.05) is 13.8 Å². The van der Waals surface area contributed by atoms with Crippen LogP contribution in [0.1, 0.15) is 52.4 Å². The molecule has 4 N–H and O–H groups in total. The molecule has 0 aliphatic heterocycles. The third-order valence-corrected chi connectivity index (χ3v) is 8.50. The fraction of sp³-hybridized carbons (Fsp3) is 0.947. The number of aliphatic hydroxyl groups excluding tert-OH is 4. The molecule has 5 nitrogen and oxygen atoms in total. The van der Waals surface area contributed by atoms with Gasteiger partial charge in [-0.15, -0.1) is 0 Å². The van der Waals surface area contributed by atoms with Crippen molar-refractivity contribution in [3.05, 3.63) is 0 Å². The van der Waals surface area contributed by atoms with Gasteiger partial charge in [0, 0.05) is 17.8 Å². The standard InChI is InChI=1S/C19H30O5/c1-18-7-5-10-13(9(18)3-4-12(18)21)16(23)17(24)14-15(22)11(20)6-8-19(10,14)2/h9-11,13-17,20,22-24H,3-8H2,1-2H3/t9?,10?,11-,13?,14?,15+,16-,17-,18+,19-/m1/s1. The molecule has 0 heterocycles. The number of rotatable bonds is 0. The van der Waals surface area contributed by atoms with Crippen molar-refractivity contribution in [2.75, 3.05) is 0 Å². The molecule has 0 spiro atoms. The summed E-state index contributed by atoms with van der Waals surface area (Å²) < 4.78 is 0. The van der Waals surface area contributed by atoms with Crippen molar-refractivity contribution in [2.24, 2.45) is 34.5 Å². The first-order chi connectivity index (χ1) is 11.2. The van der Waals surface area contributed by atoms with Crippen LogP contribution in [0.3, 0.4) is 0 Å². The van der Waals surface area contributed by atoms with Crippen molar-refractivity contribution in [2.45, 2.75) is 76.8 Å². The molecule has 24 heavy (non-hydrogen) atoms. The summed E-state index contributed by atoms with van der Waals surface area (Å²) in [7, 11) is 0. The highest BCUT2D eigenvalue weighted by molar-refractivity contribution is 5.87. The van der Waals surface area contributed by atoms with Gasteiger partial charge in [0.05, 0.1) is 24.4 Å². The van der Waals surface area contributed by atoms with Crippen LogP contribution in [0.15, 0.2) is 0 Å². The average molecular weight is 338 g/mol. The van der Waals surface area contributed by atoms with Crippen molar-refractivity contribution in [3.8, 4) is 0 Å². The maximum absolute atomic E-state index is 12.4. The van der Waals surface area contributed by atoms with Crippen LogP contribution in [0.25, 0.3) is 0 Å². The SMILES string of the molecule is C[C@]12CC[C@@H](O)[C@H](O)C1[C@@H](O)[C@H](O)C1C2CC[C@]2(C)C(=O)CCC12. The molecule has 0 aromatic carbocycles. The maximum Gasteiger partial charge on any atom is 0.139 e. The van der Waals surface area contributed by atoms with E-state index in [4.69, 9.17) is 0 Å².